The van der Waals surface area contributed by atoms with Crippen molar-refractivity contribution in [1.29, 1.82) is 0 Å². The largest absolute Gasteiger partial charge is 0.376 e. The van der Waals surface area contributed by atoms with Crippen molar-refractivity contribution in [1.82, 2.24) is 15.2 Å². The molecule has 1 fully saturated rings. The maximum atomic E-state index is 11.9. The molecule has 1 saturated heterocycles. The molecule has 1 aromatic rings. The summed E-state index contributed by atoms with van der Waals surface area (Å²) in [4.78, 5) is 29.1. The molecule has 0 bridgehead atoms. The number of hydrogen-bond donors (Lipinski definition) is 1. The van der Waals surface area contributed by atoms with Gasteiger partial charge in [-0.1, -0.05) is 0 Å². The van der Waals surface area contributed by atoms with Gasteiger partial charge < -0.3 is 15.0 Å². The molecule has 0 aromatic carbocycles. The highest BCUT2D eigenvalue weighted by Gasteiger charge is 2.21. The van der Waals surface area contributed by atoms with Gasteiger partial charge in [-0.3, -0.25) is 14.6 Å². The Bertz CT molecular complexity index is 472. The molecule has 1 unspecified atom stereocenters. The van der Waals surface area contributed by atoms with Gasteiger partial charge >= 0.3 is 11.8 Å². The van der Waals surface area contributed by atoms with E-state index in [1.54, 1.807) is 19.4 Å². The standard InChI is InChI=1S/C15H21N3O3/c1-18(9-6-12-4-7-16-8-5-12)15(20)14(19)17-11-13-3-2-10-21-13/h4-5,7-8,13H,2-3,6,9-11H2,1H3,(H,17,19). The van der Waals surface area contributed by atoms with Crippen molar-refractivity contribution in [2.24, 2.45) is 0 Å². The van der Waals surface area contributed by atoms with E-state index in [1.165, 1.54) is 4.90 Å². The number of amides is 2. The van der Waals surface area contributed by atoms with Crippen LogP contribution in [0.2, 0.25) is 0 Å². The second-order valence-corrected chi connectivity index (χ2v) is 5.18. The van der Waals surface area contributed by atoms with Crippen molar-refractivity contribution >= 4 is 11.8 Å². The van der Waals surface area contributed by atoms with E-state index < -0.39 is 11.8 Å². The van der Waals surface area contributed by atoms with Crippen LogP contribution in [-0.4, -0.2) is 54.5 Å². The topological polar surface area (TPSA) is 71.5 Å². The van der Waals surface area contributed by atoms with Crippen molar-refractivity contribution in [3.05, 3.63) is 30.1 Å². The molecular weight excluding hydrogens is 270 g/mol. The van der Waals surface area contributed by atoms with Gasteiger partial charge in [0, 0.05) is 39.1 Å². The van der Waals surface area contributed by atoms with Crippen LogP contribution in [0.4, 0.5) is 0 Å². The maximum Gasteiger partial charge on any atom is 0.311 e. The van der Waals surface area contributed by atoms with Crippen LogP contribution in [0.3, 0.4) is 0 Å². The van der Waals surface area contributed by atoms with E-state index in [4.69, 9.17) is 4.74 Å². The van der Waals surface area contributed by atoms with Crippen LogP contribution in [0.5, 0.6) is 0 Å². The first-order valence-corrected chi connectivity index (χ1v) is 7.20. The number of carbonyl (C=O) groups is 2. The van der Waals surface area contributed by atoms with Crippen molar-refractivity contribution in [2.75, 3.05) is 26.7 Å². The highest BCUT2D eigenvalue weighted by Crippen LogP contribution is 2.10. The van der Waals surface area contributed by atoms with Crippen LogP contribution in [0.1, 0.15) is 18.4 Å². The zero-order chi connectivity index (χ0) is 15.1. The van der Waals surface area contributed by atoms with Gasteiger partial charge in [0.2, 0.25) is 0 Å². The second-order valence-electron chi connectivity index (χ2n) is 5.18. The molecule has 6 nitrogen and oxygen atoms in total. The van der Waals surface area contributed by atoms with E-state index >= 15 is 0 Å². The predicted molar refractivity (Wildman–Crippen MR) is 77.6 cm³/mol. The molecule has 1 aliphatic heterocycles. The van der Waals surface area contributed by atoms with Crippen LogP contribution in [-0.2, 0) is 20.7 Å². The zero-order valence-corrected chi connectivity index (χ0v) is 12.2. The van der Waals surface area contributed by atoms with E-state index in [1.807, 2.05) is 12.1 Å². The molecule has 2 rings (SSSR count). The molecule has 0 radical (unpaired) electrons. The predicted octanol–water partition coefficient (Wildman–Crippen LogP) is 0.378. The van der Waals surface area contributed by atoms with Crippen molar-refractivity contribution < 1.29 is 14.3 Å². The lowest BCUT2D eigenvalue weighted by molar-refractivity contribution is -0.145. The Morgan fingerprint density at radius 2 is 2.19 bits per heavy atom. The number of nitrogens with zero attached hydrogens (tertiary/aromatic N) is 2. The third-order valence-electron chi connectivity index (χ3n) is 3.54. The summed E-state index contributed by atoms with van der Waals surface area (Å²) in [6, 6.07) is 3.80. The Morgan fingerprint density at radius 3 is 2.86 bits per heavy atom. The molecule has 2 heterocycles. The summed E-state index contributed by atoms with van der Waals surface area (Å²) in [5.74, 6) is -1.08. The summed E-state index contributed by atoms with van der Waals surface area (Å²) < 4.78 is 5.40. The fraction of sp³-hybridized carbons (Fsp3) is 0.533. The number of nitrogens with one attached hydrogen (secondary N) is 1. The minimum Gasteiger partial charge on any atom is -0.376 e. The summed E-state index contributed by atoms with van der Waals surface area (Å²) in [5, 5.41) is 2.64. The van der Waals surface area contributed by atoms with Crippen LogP contribution in [0.15, 0.2) is 24.5 Å². The number of rotatable bonds is 5. The summed E-state index contributed by atoms with van der Waals surface area (Å²) >= 11 is 0. The average molecular weight is 291 g/mol. The Kier molecular flexibility index (Phi) is 5.68. The van der Waals surface area contributed by atoms with Gasteiger partial charge in [-0.15, -0.1) is 0 Å². The highest BCUT2D eigenvalue weighted by molar-refractivity contribution is 6.34. The zero-order valence-electron chi connectivity index (χ0n) is 12.2. The number of likely N-dealkylation sites (N-methyl/N-ethyl adjacent to an activating group) is 1. The SMILES string of the molecule is CN(CCc1ccncc1)C(=O)C(=O)NCC1CCCO1. The van der Waals surface area contributed by atoms with Gasteiger partial charge in [0.1, 0.15) is 0 Å². The normalized spacial score (nSPS) is 17.5. The van der Waals surface area contributed by atoms with Crippen LogP contribution in [0, 0.1) is 0 Å². The van der Waals surface area contributed by atoms with E-state index in [2.05, 4.69) is 10.3 Å². The van der Waals surface area contributed by atoms with Gasteiger partial charge in [0.15, 0.2) is 0 Å². The molecule has 21 heavy (non-hydrogen) atoms. The fourth-order valence-corrected chi connectivity index (χ4v) is 2.21. The number of hydrogen-bond acceptors (Lipinski definition) is 4. The van der Waals surface area contributed by atoms with E-state index in [9.17, 15) is 9.59 Å². The molecule has 6 heteroatoms. The summed E-state index contributed by atoms with van der Waals surface area (Å²) in [6.07, 6.45) is 6.12. The molecule has 114 valence electrons. The molecule has 0 aliphatic carbocycles. The van der Waals surface area contributed by atoms with Gasteiger partial charge in [-0.05, 0) is 37.0 Å². The quantitative estimate of drug-likeness (QED) is 0.796. The first-order chi connectivity index (χ1) is 10.2. The molecule has 0 spiro atoms. The summed E-state index contributed by atoms with van der Waals surface area (Å²) in [5.41, 5.74) is 1.09. The summed E-state index contributed by atoms with van der Waals surface area (Å²) in [6.45, 7) is 1.64. The molecule has 1 aliphatic rings. The lowest BCUT2D eigenvalue weighted by atomic mass is 10.2. The third-order valence-corrected chi connectivity index (χ3v) is 3.54. The molecule has 1 aromatic heterocycles. The van der Waals surface area contributed by atoms with E-state index in [-0.39, 0.29) is 6.10 Å². The van der Waals surface area contributed by atoms with Gasteiger partial charge in [-0.25, -0.2) is 0 Å². The third kappa shape index (κ3) is 4.82. The van der Waals surface area contributed by atoms with Gasteiger partial charge in [-0.2, -0.15) is 0 Å². The Labute approximate surface area is 124 Å². The minimum absolute atomic E-state index is 0.0453. The number of aromatic nitrogens is 1. The molecule has 1 atom stereocenters. The summed E-state index contributed by atoms with van der Waals surface area (Å²) in [7, 11) is 1.63. The maximum absolute atomic E-state index is 11.9. The minimum atomic E-state index is -0.567. The van der Waals surface area contributed by atoms with Crippen molar-refractivity contribution in [3.63, 3.8) is 0 Å². The highest BCUT2D eigenvalue weighted by atomic mass is 16.5. The van der Waals surface area contributed by atoms with Gasteiger partial charge in [0.25, 0.3) is 0 Å². The first-order valence-electron chi connectivity index (χ1n) is 7.20. The van der Waals surface area contributed by atoms with Crippen molar-refractivity contribution in [2.45, 2.75) is 25.4 Å². The van der Waals surface area contributed by atoms with Crippen LogP contribution >= 0.6 is 0 Å². The fourth-order valence-electron chi connectivity index (χ4n) is 2.21. The molecule has 2 amide bonds. The van der Waals surface area contributed by atoms with E-state index in [0.29, 0.717) is 19.5 Å². The number of pyridine rings is 1. The monoisotopic (exact) mass is 291 g/mol. The number of ether oxygens (including phenoxy) is 1. The average Bonchev–Trinajstić information content (AvgIpc) is 3.04. The van der Waals surface area contributed by atoms with E-state index in [0.717, 1.165) is 25.0 Å². The Morgan fingerprint density at radius 1 is 1.43 bits per heavy atom. The number of carbonyl (C=O) groups excluding carboxylic acids is 2. The smallest absolute Gasteiger partial charge is 0.311 e. The lowest BCUT2D eigenvalue weighted by Crippen LogP contribution is -2.44. The van der Waals surface area contributed by atoms with Crippen molar-refractivity contribution in [3.8, 4) is 0 Å². The Balaban J connectivity index is 1.71. The molecular formula is C15H21N3O3. The van der Waals surface area contributed by atoms with Gasteiger partial charge in [0.05, 0.1) is 6.10 Å². The van der Waals surface area contributed by atoms with Crippen LogP contribution < -0.4 is 5.32 Å². The first kappa shape index (κ1) is 15.4. The second kappa shape index (κ2) is 7.73. The molecule has 0 saturated carbocycles. The Hall–Kier alpha value is -1.95. The van der Waals surface area contributed by atoms with Crippen LogP contribution in [0.25, 0.3) is 0 Å². The lowest BCUT2D eigenvalue weighted by Gasteiger charge is -2.17. The molecule has 1 N–H and O–H groups in total.